The van der Waals surface area contributed by atoms with E-state index in [9.17, 15) is 4.79 Å². The molecule has 0 saturated carbocycles. The van der Waals surface area contributed by atoms with E-state index >= 15 is 0 Å². The molecule has 3 aromatic rings. The van der Waals surface area contributed by atoms with Crippen LogP contribution in [-0.4, -0.2) is 48.9 Å². The van der Waals surface area contributed by atoms with Crippen molar-refractivity contribution in [1.82, 2.24) is 29.9 Å². The van der Waals surface area contributed by atoms with E-state index in [0.717, 1.165) is 37.2 Å². The van der Waals surface area contributed by atoms with E-state index in [0.29, 0.717) is 17.6 Å². The van der Waals surface area contributed by atoms with Gasteiger partial charge >= 0.3 is 0 Å². The van der Waals surface area contributed by atoms with Crippen LogP contribution in [0.25, 0.3) is 11.4 Å². The van der Waals surface area contributed by atoms with Crippen LogP contribution in [0.4, 0.5) is 0 Å². The first-order chi connectivity index (χ1) is 13.6. The highest BCUT2D eigenvalue weighted by Gasteiger charge is 2.26. The van der Waals surface area contributed by atoms with Crippen molar-refractivity contribution in [3.05, 3.63) is 54.1 Å². The molecule has 28 heavy (non-hydrogen) atoms. The van der Waals surface area contributed by atoms with Crippen molar-refractivity contribution in [2.24, 2.45) is 5.73 Å². The Balaban J connectivity index is 1.45. The summed E-state index contributed by atoms with van der Waals surface area (Å²) in [4.78, 5) is 19.3. The van der Waals surface area contributed by atoms with Crippen LogP contribution in [0.2, 0.25) is 0 Å². The third-order valence-corrected chi connectivity index (χ3v) is 5.23. The van der Waals surface area contributed by atoms with Gasteiger partial charge in [-0.1, -0.05) is 30.3 Å². The van der Waals surface area contributed by atoms with Crippen molar-refractivity contribution in [3.8, 4) is 11.4 Å². The Kier molecular flexibility index (Phi) is 5.21. The minimum atomic E-state index is -0.302. The number of aromatic amines is 1. The van der Waals surface area contributed by atoms with Crippen LogP contribution in [0.15, 0.2) is 42.6 Å². The summed E-state index contributed by atoms with van der Waals surface area (Å²) in [5.74, 6) is 1.70. The van der Waals surface area contributed by atoms with Gasteiger partial charge in [0.2, 0.25) is 5.91 Å². The highest BCUT2D eigenvalue weighted by Crippen LogP contribution is 2.26. The first-order valence-electron chi connectivity index (χ1n) is 9.64. The summed E-state index contributed by atoms with van der Waals surface area (Å²) in [7, 11) is 0. The minimum Gasteiger partial charge on any atom is -0.341 e. The van der Waals surface area contributed by atoms with Crippen molar-refractivity contribution in [1.29, 1.82) is 0 Å². The molecule has 4 rings (SSSR count). The van der Waals surface area contributed by atoms with Crippen molar-refractivity contribution >= 4 is 5.91 Å². The largest absolute Gasteiger partial charge is 0.341 e. The molecule has 1 aliphatic rings. The van der Waals surface area contributed by atoms with Crippen LogP contribution in [0.1, 0.15) is 43.2 Å². The van der Waals surface area contributed by atoms with E-state index in [1.165, 1.54) is 0 Å². The second kappa shape index (κ2) is 7.93. The number of amides is 1. The van der Waals surface area contributed by atoms with Gasteiger partial charge in [-0.3, -0.25) is 9.89 Å². The fourth-order valence-electron chi connectivity index (χ4n) is 3.68. The fourth-order valence-corrected chi connectivity index (χ4v) is 3.68. The Hall–Kier alpha value is -3.00. The van der Waals surface area contributed by atoms with E-state index in [2.05, 4.69) is 20.3 Å². The molecule has 0 bridgehead atoms. The molecule has 1 amide bonds. The number of nitrogens with one attached hydrogen (secondary N) is 1. The molecule has 1 fully saturated rings. The Bertz CT molecular complexity index is 909. The zero-order valence-electron chi connectivity index (χ0n) is 16.0. The number of benzene rings is 1. The molecule has 146 valence electrons. The van der Waals surface area contributed by atoms with E-state index in [4.69, 9.17) is 5.73 Å². The zero-order valence-corrected chi connectivity index (χ0v) is 16.0. The molecule has 1 aromatic carbocycles. The average Bonchev–Trinajstić information content (AvgIpc) is 3.39. The standard InChI is InChI=1S/C20H25N7O/c1-14(21)20-23-19(16-5-3-2-4-6-16)25-27(20)13-18(28)26-11-8-15(9-12-26)17-7-10-22-24-17/h2-7,10,14-15H,8-9,11-13,21H2,1H3,(H,22,24)/t14-/m0/s1. The van der Waals surface area contributed by atoms with Crippen LogP contribution in [0, 0.1) is 0 Å². The normalized spacial score (nSPS) is 16.3. The second-order valence-corrected chi connectivity index (χ2v) is 7.27. The van der Waals surface area contributed by atoms with Gasteiger partial charge in [-0.15, -0.1) is 0 Å². The van der Waals surface area contributed by atoms with Crippen LogP contribution in [0.5, 0.6) is 0 Å². The van der Waals surface area contributed by atoms with Crippen molar-refractivity contribution in [2.75, 3.05) is 13.1 Å². The van der Waals surface area contributed by atoms with Gasteiger partial charge in [0.25, 0.3) is 0 Å². The lowest BCUT2D eigenvalue weighted by molar-refractivity contribution is -0.133. The molecular formula is C20H25N7O. The number of likely N-dealkylation sites (tertiary alicyclic amines) is 1. The maximum atomic E-state index is 12.9. The molecule has 8 nitrogen and oxygen atoms in total. The molecule has 1 atom stereocenters. The van der Waals surface area contributed by atoms with Gasteiger partial charge in [0, 0.05) is 36.5 Å². The first kappa shape index (κ1) is 18.4. The SMILES string of the molecule is C[C@H](N)c1nc(-c2ccccc2)nn1CC(=O)N1CCC(c2ccn[nH]2)CC1. The molecule has 1 saturated heterocycles. The van der Waals surface area contributed by atoms with Crippen LogP contribution >= 0.6 is 0 Å². The van der Waals surface area contributed by atoms with Gasteiger partial charge in [0.1, 0.15) is 12.4 Å². The monoisotopic (exact) mass is 379 g/mol. The molecule has 0 radical (unpaired) electrons. The smallest absolute Gasteiger partial charge is 0.244 e. The molecule has 1 aliphatic heterocycles. The maximum absolute atomic E-state index is 12.9. The van der Waals surface area contributed by atoms with Gasteiger partial charge in [0.15, 0.2) is 5.82 Å². The summed E-state index contributed by atoms with van der Waals surface area (Å²) >= 11 is 0. The van der Waals surface area contributed by atoms with Gasteiger partial charge in [-0.25, -0.2) is 9.67 Å². The Labute approximate surface area is 163 Å². The highest BCUT2D eigenvalue weighted by atomic mass is 16.2. The van der Waals surface area contributed by atoms with E-state index < -0.39 is 0 Å². The summed E-state index contributed by atoms with van der Waals surface area (Å²) < 4.78 is 1.65. The number of hydrogen-bond acceptors (Lipinski definition) is 5. The van der Waals surface area contributed by atoms with Gasteiger partial charge < -0.3 is 10.6 Å². The quantitative estimate of drug-likeness (QED) is 0.706. The Morgan fingerprint density at radius 3 is 2.64 bits per heavy atom. The summed E-state index contributed by atoms with van der Waals surface area (Å²) in [6.07, 6.45) is 3.64. The lowest BCUT2D eigenvalue weighted by atomic mass is 9.94. The fraction of sp³-hybridized carbons (Fsp3) is 0.400. The van der Waals surface area contributed by atoms with Gasteiger partial charge in [0.05, 0.1) is 6.04 Å². The third kappa shape index (κ3) is 3.82. The van der Waals surface area contributed by atoms with E-state index in [1.54, 1.807) is 10.9 Å². The molecule has 3 heterocycles. The van der Waals surface area contributed by atoms with Crippen LogP contribution in [-0.2, 0) is 11.3 Å². The molecule has 2 aromatic heterocycles. The summed E-state index contributed by atoms with van der Waals surface area (Å²) in [6.45, 7) is 3.48. The first-order valence-corrected chi connectivity index (χ1v) is 9.64. The molecule has 0 aliphatic carbocycles. The predicted octanol–water partition coefficient (Wildman–Crippen LogP) is 2.09. The molecular weight excluding hydrogens is 354 g/mol. The predicted molar refractivity (Wildman–Crippen MR) is 105 cm³/mol. The number of rotatable bonds is 5. The number of H-pyrrole nitrogens is 1. The number of carbonyl (C=O) groups excluding carboxylic acids is 1. The van der Waals surface area contributed by atoms with Crippen LogP contribution in [0.3, 0.4) is 0 Å². The molecule has 8 heteroatoms. The zero-order chi connectivity index (χ0) is 19.5. The molecule has 3 N–H and O–H groups in total. The molecule has 0 unspecified atom stereocenters. The second-order valence-electron chi connectivity index (χ2n) is 7.27. The van der Waals surface area contributed by atoms with Crippen molar-refractivity contribution in [3.63, 3.8) is 0 Å². The van der Waals surface area contributed by atoms with Gasteiger partial charge in [-0.05, 0) is 25.8 Å². The number of nitrogens with zero attached hydrogens (tertiary/aromatic N) is 5. The third-order valence-electron chi connectivity index (χ3n) is 5.23. The number of aromatic nitrogens is 5. The Morgan fingerprint density at radius 1 is 1.25 bits per heavy atom. The van der Waals surface area contributed by atoms with E-state index in [-0.39, 0.29) is 18.5 Å². The summed E-state index contributed by atoms with van der Waals surface area (Å²) in [6, 6.07) is 11.4. The summed E-state index contributed by atoms with van der Waals surface area (Å²) in [5, 5.41) is 11.6. The number of piperidine rings is 1. The highest BCUT2D eigenvalue weighted by molar-refractivity contribution is 5.76. The van der Waals surface area contributed by atoms with Crippen molar-refractivity contribution in [2.45, 2.75) is 38.3 Å². The molecule has 0 spiro atoms. The Morgan fingerprint density at radius 2 is 2.00 bits per heavy atom. The van der Waals surface area contributed by atoms with E-state index in [1.807, 2.05) is 48.2 Å². The average molecular weight is 379 g/mol. The lowest BCUT2D eigenvalue weighted by Crippen LogP contribution is -2.40. The summed E-state index contributed by atoms with van der Waals surface area (Å²) in [5.41, 5.74) is 8.14. The number of hydrogen-bond donors (Lipinski definition) is 2. The van der Waals surface area contributed by atoms with Crippen molar-refractivity contribution < 1.29 is 4.79 Å². The van der Waals surface area contributed by atoms with Gasteiger partial charge in [-0.2, -0.15) is 10.2 Å². The minimum absolute atomic E-state index is 0.0504. The number of carbonyl (C=O) groups is 1. The lowest BCUT2D eigenvalue weighted by Gasteiger charge is -2.31. The van der Waals surface area contributed by atoms with Crippen LogP contribution < -0.4 is 5.73 Å². The number of nitrogens with two attached hydrogens (primary N) is 1. The topological polar surface area (TPSA) is 106 Å². The maximum Gasteiger partial charge on any atom is 0.244 e.